The van der Waals surface area contributed by atoms with Crippen molar-refractivity contribution in [2.24, 2.45) is 4.99 Å². The Balaban J connectivity index is 1.87. The molecule has 0 fully saturated rings. The number of fused-ring (bicyclic) bond motifs is 1. The molecular weight excluding hydrogens is 434 g/mol. The second-order valence-electron chi connectivity index (χ2n) is 7.29. The summed E-state index contributed by atoms with van der Waals surface area (Å²) < 4.78 is 13.7. The van der Waals surface area contributed by atoms with Gasteiger partial charge in [-0.05, 0) is 50.1 Å². The molecule has 6 nitrogen and oxygen atoms in total. The van der Waals surface area contributed by atoms with Gasteiger partial charge in [0.2, 0.25) is 0 Å². The molecule has 0 aliphatic rings. The summed E-state index contributed by atoms with van der Waals surface area (Å²) in [4.78, 5) is 18.4. The Labute approximate surface area is 188 Å². The number of halogens is 1. The topological polar surface area (TPSA) is 69.6 Å². The Hall–Kier alpha value is -2.74. The molecule has 0 N–H and O–H groups in total. The summed E-state index contributed by atoms with van der Waals surface area (Å²) in [6.45, 7) is 6.95. The summed E-state index contributed by atoms with van der Waals surface area (Å²) >= 11 is 7.81. The van der Waals surface area contributed by atoms with Gasteiger partial charge in [0.05, 0.1) is 21.8 Å². The third-order valence-corrected chi connectivity index (χ3v) is 6.59. The molecule has 8 heteroatoms. The van der Waals surface area contributed by atoms with E-state index >= 15 is 0 Å². The van der Waals surface area contributed by atoms with Crippen LogP contribution in [0.4, 0.5) is 0 Å². The normalized spacial score (nSPS) is 12.1. The molecular formula is C23H22ClN3O3S. The molecule has 2 heterocycles. The first-order valence-corrected chi connectivity index (χ1v) is 11.0. The van der Waals surface area contributed by atoms with Gasteiger partial charge in [-0.25, -0.2) is 0 Å². The van der Waals surface area contributed by atoms with Crippen molar-refractivity contribution in [2.75, 3.05) is 13.7 Å². The third-order valence-electron chi connectivity index (χ3n) is 5.22. The number of nitrogens with zero attached hydrogens (tertiary/aromatic N) is 3. The zero-order valence-electron chi connectivity index (χ0n) is 17.7. The minimum absolute atomic E-state index is 0.316. The fourth-order valence-corrected chi connectivity index (χ4v) is 4.77. The number of hydrogen-bond donors (Lipinski definition) is 0. The van der Waals surface area contributed by atoms with Gasteiger partial charge in [-0.2, -0.15) is 4.99 Å². The van der Waals surface area contributed by atoms with Crippen LogP contribution in [0.15, 0.2) is 45.9 Å². The molecule has 4 rings (SSSR count). The molecule has 1 amide bonds. The molecule has 2 aromatic heterocycles. The smallest absolute Gasteiger partial charge is 0.285 e. The van der Waals surface area contributed by atoms with Crippen LogP contribution in [0.2, 0.25) is 5.02 Å². The van der Waals surface area contributed by atoms with E-state index in [4.69, 9.17) is 20.9 Å². The average Bonchev–Trinajstić information content (AvgIpc) is 3.27. The molecule has 0 unspecified atom stereocenters. The zero-order valence-corrected chi connectivity index (χ0v) is 19.3. The van der Waals surface area contributed by atoms with Gasteiger partial charge < -0.3 is 13.8 Å². The molecule has 31 heavy (non-hydrogen) atoms. The van der Waals surface area contributed by atoms with Gasteiger partial charge in [0.1, 0.15) is 17.0 Å². The predicted molar refractivity (Wildman–Crippen MR) is 123 cm³/mol. The van der Waals surface area contributed by atoms with Crippen molar-refractivity contribution >= 4 is 39.1 Å². The van der Waals surface area contributed by atoms with Gasteiger partial charge in [-0.15, -0.1) is 0 Å². The number of carbonyl (C=O) groups excluding carboxylic acids is 1. The molecule has 0 radical (unpaired) electrons. The first kappa shape index (κ1) is 21.5. The number of hydrogen-bond acceptors (Lipinski definition) is 5. The van der Waals surface area contributed by atoms with E-state index in [1.165, 1.54) is 22.5 Å². The highest BCUT2D eigenvalue weighted by Crippen LogP contribution is 2.31. The maximum Gasteiger partial charge on any atom is 0.285 e. The van der Waals surface area contributed by atoms with E-state index in [0.717, 1.165) is 10.2 Å². The van der Waals surface area contributed by atoms with Crippen molar-refractivity contribution in [1.82, 2.24) is 9.72 Å². The molecule has 0 aliphatic heterocycles. The second-order valence-corrected chi connectivity index (χ2v) is 8.71. The maximum atomic E-state index is 13.3. The fourth-order valence-electron chi connectivity index (χ4n) is 3.41. The zero-order chi connectivity index (χ0) is 22.1. The van der Waals surface area contributed by atoms with Crippen molar-refractivity contribution in [3.05, 3.63) is 68.7 Å². The van der Waals surface area contributed by atoms with Crippen molar-refractivity contribution < 1.29 is 14.1 Å². The Morgan fingerprint density at radius 1 is 1.23 bits per heavy atom. The summed E-state index contributed by atoms with van der Waals surface area (Å²) in [6.07, 6.45) is 0. The number of rotatable bonds is 5. The van der Waals surface area contributed by atoms with Crippen molar-refractivity contribution in [2.45, 2.75) is 27.3 Å². The van der Waals surface area contributed by atoms with Gasteiger partial charge in [0, 0.05) is 19.2 Å². The maximum absolute atomic E-state index is 13.3. The summed E-state index contributed by atoms with van der Waals surface area (Å²) in [7, 11) is 1.66. The molecule has 0 saturated heterocycles. The minimum atomic E-state index is -0.417. The lowest BCUT2D eigenvalue weighted by atomic mass is 10.1. The largest absolute Gasteiger partial charge is 0.383 e. The Bertz CT molecular complexity index is 1350. The lowest BCUT2D eigenvalue weighted by Crippen LogP contribution is -2.19. The van der Waals surface area contributed by atoms with E-state index in [-0.39, 0.29) is 0 Å². The van der Waals surface area contributed by atoms with E-state index < -0.39 is 5.91 Å². The first-order valence-electron chi connectivity index (χ1n) is 9.80. The number of methoxy groups -OCH3 is 1. The summed E-state index contributed by atoms with van der Waals surface area (Å²) in [5.41, 5.74) is 4.76. The van der Waals surface area contributed by atoms with Crippen LogP contribution < -0.4 is 4.80 Å². The third kappa shape index (κ3) is 4.08. The average molecular weight is 456 g/mol. The van der Waals surface area contributed by atoms with Crippen molar-refractivity contribution in [3.63, 3.8) is 0 Å². The van der Waals surface area contributed by atoms with Crippen LogP contribution in [0.3, 0.4) is 0 Å². The van der Waals surface area contributed by atoms with Crippen LogP contribution in [0.5, 0.6) is 0 Å². The quantitative estimate of drug-likeness (QED) is 0.408. The standard InChI is InChI=1S/C23H22ClN3O3S/c1-13-11-18-19(12-14(13)2)31-23(27(18)9-10-29-4)25-22(28)20-15(3)30-26-21(20)16-7-5-6-8-17(16)24/h5-8,11-12H,9-10H2,1-4H3. The molecule has 0 bridgehead atoms. The monoisotopic (exact) mass is 455 g/mol. The van der Waals surface area contributed by atoms with Gasteiger partial charge in [0.25, 0.3) is 5.91 Å². The van der Waals surface area contributed by atoms with Crippen LogP contribution in [0.1, 0.15) is 27.2 Å². The summed E-state index contributed by atoms with van der Waals surface area (Å²) in [5, 5.41) is 4.58. The van der Waals surface area contributed by atoms with Gasteiger partial charge in [-0.1, -0.05) is 46.3 Å². The first-order chi connectivity index (χ1) is 14.9. The number of amides is 1. The predicted octanol–water partition coefficient (Wildman–Crippen LogP) is 5.32. The van der Waals surface area contributed by atoms with Gasteiger partial charge in [0.15, 0.2) is 4.80 Å². The Morgan fingerprint density at radius 2 is 1.97 bits per heavy atom. The Kier molecular flexibility index (Phi) is 6.09. The van der Waals surface area contributed by atoms with E-state index in [9.17, 15) is 4.79 Å². The molecule has 4 aromatic rings. The van der Waals surface area contributed by atoms with Crippen LogP contribution in [0.25, 0.3) is 21.5 Å². The Morgan fingerprint density at radius 3 is 2.71 bits per heavy atom. The highest BCUT2D eigenvalue weighted by Gasteiger charge is 2.23. The second kappa shape index (κ2) is 8.78. The van der Waals surface area contributed by atoms with E-state index in [0.29, 0.717) is 45.6 Å². The van der Waals surface area contributed by atoms with Crippen LogP contribution in [0, 0.1) is 20.8 Å². The lowest BCUT2D eigenvalue weighted by Gasteiger charge is -2.06. The van der Waals surface area contributed by atoms with Crippen LogP contribution in [-0.4, -0.2) is 29.3 Å². The van der Waals surface area contributed by atoms with Gasteiger partial charge >= 0.3 is 0 Å². The van der Waals surface area contributed by atoms with Crippen molar-refractivity contribution in [1.29, 1.82) is 0 Å². The van der Waals surface area contributed by atoms with Gasteiger partial charge in [-0.3, -0.25) is 4.79 Å². The number of aromatic nitrogens is 2. The SMILES string of the molecule is COCCn1c(=NC(=O)c2c(-c3ccccc3Cl)noc2C)sc2cc(C)c(C)cc21. The number of ether oxygens (including phenoxy) is 1. The minimum Gasteiger partial charge on any atom is -0.383 e. The van der Waals surface area contributed by atoms with E-state index in [1.54, 1.807) is 26.2 Å². The lowest BCUT2D eigenvalue weighted by molar-refractivity contribution is 0.0996. The molecule has 2 aromatic carbocycles. The summed E-state index contributed by atoms with van der Waals surface area (Å²) in [6, 6.07) is 11.5. The number of aryl methyl sites for hydroxylation is 3. The fraction of sp³-hybridized carbons (Fsp3) is 0.261. The summed E-state index contributed by atoms with van der Waals surface area (Å²) in [5.74, 6) is -0.0141. The number of thiazole rings is 1. The van der Waals surface area contributed by atoms with Crippen LogP contribution in [-0.2, 0) is 11.3 Å². The van der Waals surface area contributed by atoms with E-state index in [1.807, 2.05) is 16.7 Å². The molecule has 0 aliphatic carbocycles. The van der Waals surface area contributed by atoms with Crippen molar-refractivity contribution in [3.8, 4) is 11.3 Å². The molecule has 160 valence electrons. The highest BCUT2D eigenvalue weighted by molar-refractivity contribution is 7.16. The number of benzene rings is 2. The van der Waals surface area contributed by atoms with Crippen LogP contribution >= 0.6 is 22.9 Å². The molecule has 0 atom stereocenters. The number of carbonyl (C=O) groups is 1. The van der Waals surface area contributed by atoms with E-state index in [2.05, 4.69) is 36.1 Å². The molecule has 0 spiro atoms. The highest BCUT2D eigenvalue weighted by atomic mass is 35.5. The molecule has 0 saturated carbocycles.